The van der Waals surface area contributed by atoms with Gasteiger partial charge in [-0.1, -0.05) is 27.7 Å². The highest BCUT2D eigenvalue weighted by atomic mass is 16.7. The molecular weight excluding hydrogens is 254 g/mol. The first-order chi connectivity index (χ1) is 8.95. The quantitative estimate of drug-likeness (QED) is 0.759. The summed E-state index contributed by atoms with van der Waals surface area (Å²) in [7, 11) is 1.09. The van der Waals surface area contributed by atoms with Crippen LogP contribution in [0.3, 0.4) is 0 Å². The van der Waals surface area contributed by atoms with E-state index in [9.17, 15) is 5.11 Å². The fourth-order valence-electron chi connectivity index (χ4n) is 3.01. The summed E-state index contributed by atoms with van der Waals surface area (Å²) >= 11 is 0. The lowest BCUT2D eigenvalue weighted by molar-refractivity contribution is -0.0535. The van der Waals surface area contributed by atoms with Gasteiger partial charge in [0.2, 0.25) is 0 Å². The van der Waals surface area contributed by atoms with Crippen LogP contribution in [0.4, 0.5) is 0 Å². The Bertz CT molecular complexity index is 313. The van der Waals surface area contributed by atoms with Gasteiger partial charge in [0.1, 0.15) is 0 Å². The molecule has 0 aromatic carbocycles. The molecule has 1 aliphatic heterocycles. The highest BCUT2D eigenvalue weighted by molar-refractivity contribution is 7.03. The molecule has 115 valence electrons. The second-order valence-corrected chi connectivity index (χ2v) is 7.48. The first kappa shape index (κ1) is 18.0. The number of hydrogen-bond donors (Lipinski definition) is 1. The van der Waals surface area contributed by atoms with E-state index in [0.717, 1.165) is 0 Å². The molecule has 0 aromatic heterocycles. The van der Waals surface area contributed by atoms with E-state index in [1.54, 1.807) is 21.2 Å². The first-order valence-corrected chi connectivity index (χ1v) is 7.49. The largest absolute Gasteiger partial charge is 0.439 e. The molecule has 1 aliphatic rings. The van der Waals surface area contributed by atoms with Gasteiger partial charge in [-0.15, -0.1) is 0 Å². The van der Waals surface area contributed by atoms with Crippen molar-refractivity contribution in [2.45, 2.75) is 78.8 Å². The van der Waals surface area contributed by atoms with Gasteiger partial charge in [0.25, 0.3) is 0 Å². The van der Waals surface area contributed by atoms with Crippen LogP contribution < -0.4 is 0 Å². The van der Waals surface area contributed by atoms with Crippen molar-refractivity contribution < 1.29 is 19.1 Å². The van der Waals surface area contributed by atoms with Crippen LogP contribution in [-0.4, -0.2) is 42.9 Å². The van der Waals surface area contributed by atoms with Crippen molar-refractivity contribution in [2.75, 3.05) is 0 Å². The molecule has 1 saturated heterocycles. The van der Waals surface area contributed by atoms with E-state index in [2.05, 4.69) is 13.8 Å². The fourth-order valence-corrected chi connectivity index (χ4v) is 3.01. The van der Waals surface area contributed by atoms with E-state index in [1.165, 1.54) is 0 Å². The summed E-state index contributed by atoms with van der Waals surface area (Å²) in [4.78, 5) is 0. The maximum Gasteiger partial charge on any atom is 0.439 e. The van der Waals surface area contributed by atoms with Gasteiger partial charge in [0, 0.05) is 0 Å². The van der Waals surface area contributed by atoms with Crippen molar-refractivity contribution in [1.82, 2.24) is 0 Å². The predicted octanol–water partition coefficient (Wildman–Crippen LogP) is 2.25. The summed E-state index contributed by atoms with van der Waals surface area (Å²) in [6.07, 6.45) is -0.261. The molecule has 0 saturated carbocycles. The van der Waals surface area contributed by atoms with Gasteiger partial charge in [-0.3, -0.25) is 0 Å². The van der Waals surface area contributed by atoms with E-state index < -0.39 is 12.6 Å². The van der Waals surface area contributed by atoms with Crippen LogP contribution in [0.15, 0.2) is 0 Å². The molecule has 4 nitrogen and oxygen atoms in total. The van der Waals surface area contributed by atoms with Crippen LogP contribution in [0.2, 0.25) is 0 Å². The summed E-state index contributed by atoms with van der Waals surface area (Å²) in [6, 6.07) is 0. The Kier molecular flexibility index (Phi) is 5.75. The second-order valence-electron chi connectivity index (χ2n) is 7.48. The first-order valence-electron chi connectivity index (χ1n) is 7.49. The number of rotatable bonds is 6. The highest BCUT2D eigenvalue weighted by Gasteiger charge is 2.47. The normalized spacial score (nSPS) is 24.6. The molecule has 0 bridgehead atoms. The van der Waals surface area contributed by atoms with Crippen molar-refractivity contribution >= 4 is 14.4 Å². The Labute approximate surface area is 125 Å². The lowest BCUT2D eigenvalue weighted by Crippen LogP contribution is -2.45. The molecule has 1 N–H and O–H groups in total. The Morgan fingerprint density at radius 3 is 2.15 bits per heavy atom. The maximum atomic E-state index is 10.1. The van der Waals surface area contributed by atoms with Gasteiger partial charge in [0.15, 0.2) is 0 Å². The zero-order valence-corrected chi connectivity index (χ0v) is 14.1. The van der Waals surface area contributed by atoms with Crippen molar-refractivity contribution in [3.63, 3.8) is 0 Å². The standard InChI is InChI=1S/C14H29B2O4/c1-9(2)11(13(5,6)17)18-15-16-19-12(10(3)4)14(7,8)20-16/h9-12,17H,1-8H3. The van der Waals surface area contributed by atoms with E-state index in [1.807, 2.05) is 27.7 Å². The third-order valence-electron chi connectivity index (χ3n) is 3.63. The van der Waals surface area contributed by atoms with Crippen LogP contribution in [0.1, 0.15) is 55.4 Å². The molecule has 20 heavy (non-hydrogen) atoms. The topological polar surface area (TPSA) is 47.9 Å². The smallest absolute Gasteiger partial charge is 0.437 e. The minimum Gasteiger partial charge on any atom is -0.437 e. The molecule has 1 fully saturated rings. The lowest BCUT2D eigenvalue weighted by atomic mass is 9.56. The molecule has 0 spiro atoms. The maximum absolute atomic E-state index is 10.1. The summed E-state index contributed by atoms with van der Waals surface area (Å²) in [5, 5.41) is 10.1. The summed E-state index contributed by atoms with van der Waals surface area (Å²) in [5.74, 6) is 0.570. The minimum absolute atomic E-state index is 0.0342. The van der Waals surface area contributed by atoms with Crippen LogP contribution in [0.25, 0.3) is 0 Å². The average molecular weight is 283 g/mol. The van der Waals surface area contributed by atoms with Gasteiger partial charge in [-0.05, 0) is 39.5 Å². The molecular formula is C14H29B2O4. The summed E-state index contributed by atoms with van der Waals surface area (Å²) in [6.45, 7) is 15.8. The van der Waals surface area contributed by atoms with Crippen molar-refractivity contribution in [3.8, 4) is 0 Å². The Hall–Kier alpha value is -0.0301. The van der Waals surface area contributed by atoms with Crippen LogP contribution in [-0.2, 0) is 14.0 Å². The molecule has 2 atom stereocenters. The van der Waals surface area contributed by atoms with Gasteiger partial charge in [-0.2, -0.15) is 0 Å². The molecule has 0 aromatic rings. The molecule has 2 unspecified atom stereocenters. The van der Waals surface area contributed by atoms with Crippen molar-refractivity contribution in [1.29, 1.82) is 0 Å². The lowest BCUT2D eigenvalue weighted by Gasteiger charge is -2.33. The van der Waals surface area contributed by atoms with Gasteiger partial charge in [-0.25, -0.2) is 0 Å². The van der Waals surface area contributed by atoms with Gasteiger partial charge >= 0.3 is 14.4 Å². The molecule has 0 amide bonds. The summed E-state index contributed by atoms with van der Waals surface area (Å²) in [5.41, 5.74) is -1.24. The Morgan fingerprint density at radius 2 is 1.80 bits per heavy atom. The predicted molar refractivity (Wildman–Crippen MR) is 82.4 cm³/mol. The van der Waals surface area contributed by atoms with Crippen molar-refractivity contribution in [2.24, 2.45) is 11.8 Å². The summed E-state index contributed by atoms with van der Waals surface area (Å²) < 4.78 is 17.5. The monoisotopic (exact) mass is 283 g/mol. The van der Waals surface area contributed by atoms with E-state index in [-0.39, 0.29) is 23.7 Å². The molecule has 0 aliphatic carbocycles. The minimum atomic E-state index is -0.907. The zero-order chi connectivity index (χ0) is 15.7. The third-order valence-corrected chi connectivity index (χ3v) is 3.63. The average Bonchev–Trinajstić information content (AvgIpc) is 2.51. The van der Waals surface area contributed by atoms with Crippen LogP contribution in [0.5, 0.6) is 0 Å². The molecule has 6 heteroatoms. The van der Waals surface area contributed by atoms with E-state index in [4.69, 9.17) is 14.0 Å². The second kappa shape index (κ2) is 6.39. The zero-order valence-electron chi connectivity index (χ0n) is 14.1. The van der Waals surface area contributed by atoms with Gasteiger partial charge in [0.05, 0.1) is 23.4 Å². The van der Waals surface area contributed by atoms with Crippen LogP contribution >= 0.6 is 0 Å². The molecule has 1 heterocycles. The number of hydrogen-bond acceptors (Lipinski definition) is 4. The van der Waals surface area contributed by atoms with E-state index >= 15 is 0 Å². The number of aliphatic hydroxyl groups is 1. The SMILES string of the molecule is CC(C)C(O[B]B1OC(C(C)C)C(C)(C)O1)C(C)(C)O. The van der Waals surface area contributed by atoms with E-state index in [0.29, 0.717) is 5.92 Å². The van der Waals surface area contributed by atoms with Crippen LogP contribution in [0, 0.1) is 11.8 Å². The Balaban J connectivity index is 2.59. The molecule has 1 radical (unpaired) electrons. The molecule has 1 rings (SSSR count). The van der Waals surface area contributed by atoms with Gasteiger partial charge < -0.3 is 19.1 Å². The highest BCUT2D eigenvalue weighted by Crippen LogP contribution is 2.32. The van der Waals surface area contributed by atoms with Crippen molar-refractivity contribution in [3.05, 3.63) is 0 Å². The fraction of sp³-hybridized carbons (Fsp3) is 1.00. The Morgan fingerprint density at radius 1 is 1.25 bits per heavy atom. The third kappa shape index (κ3) is 4.48.